The van der Waals surface area contributed by atoms with E-state index in [1.54, 1.807) is 60.7 Å². The lowest BCUT2D eigenvalue weighted by Gasteiger charge is -2.25. The Labute approximate surface area is 178 Å². The van der Waals surface area contributed by atoms with E-state index in [2.05, 4.69) is 0 Å². The van der Waals surface area contributed by atoms with Gasteiger partial charge in [0.2, 0.25) is 0 Å². The Bertz CT molecular complexity index is 1220. The summed E-state index contributed by atoms with van der Waals surface area (Å²) in [5.41, 5.74) is 1.41. The van der Waals surface area contributed by atoms with Crippen molar-refractivity contribution in [3.05, 3.63) is 111 Å². The zero-order valence-electron chi connectivity index (χ0n) is 16.6. The van der Waals surface area contributed by atoms with Crippen molar-refractivity contribution in [1.82, 2.24) is 0 Å². The van der Waals surface area contributed by atoms with E-state index in [-0.39, 0.29) is 22.6 Å². The molecule has 1 fully saturated rings. The summed E-state index contributed by atoms with van der Waals surface area (Å²) in [7, 11) is 0. The maximum absolute atomic E-state index is 13.1. The molecule has 3 aromatic rings. The Balaban J connectivity index is 2.01. The molecule has 0 aromatic heterocycles. The number of aryl methyl sites for hydroxylation is 1. The molecule has 7 nitrogen and oxygen atoms in total. The summed E-state index contributed by atoms with van der Waals surface area (Å²) < 4.78 is 0. The predicted octanol–water partition coefficient (Wildman–Crippen LogP) is 4.53. The van der Waals surface area contributed by atoms with Gasteiger partial charge in [-0.25, -0.2) is 0 Å². The number of carbonyl (C=O) groups excluding carboxylic acids is 2. The third-order valence-corrected chi connectivity index (χ3v) is 5.23. The van der Waals surface area contributed by atoms with Crippen LogP contribution in [0, 0.1) is 17.0 Å². The molecule has 0 aliphatic carbocycles. The highest BCUT2D eigenvalue weighted by molar-refractivity contribution is 6.51. The maximum atomic E-state index is 13.1. The average molecular weight is 414 g/mol. The highest BCUT2D eigenvalue weighted by atomic mass is 16.6. The number of hydrogen-bond acceptors (Lipinski definition) is 5. The van der Waals surface area contributed by atoms with Crippen molar-refractivity contribution < 1.29 is 19.6 Å². The topological polar surface area (TPSA) is 101 Å². The fraction of sp³-hybridized carbons (Fsp3) is 0.0833. The molecule has 1 atom stereocenters. The molecule has 7 heteroatoms. The second kappa shape index (κ2) is 7.87. The van der Waals surface area contributed by atoms with Crippen molar-refractivity contribution in [2.75, 3.05) is 4.90 Å². The normalized spacial score (nSPS) is 17.7. The summed E-state index contributed by atoms with van der Waals surface area (Å²) in [6.07, 6.45) is 0. The van der Waals surface area contributed by atoms with Crippen LogP contribution in [0.5, 0.6) is 0 Å². The molecular weight excluding hydrogens is 396 g/mol. The van der Waals surface area contributed by atoms with E-state index >= 15 is 0 Å². The second-order valence-corrected chi connectivity index (χ2v) is 7.19. The van der Waals surface area contributed by atoms with Gasteiger partial charge in [0.05, 0.1) is 16.1 Å². The smallest absolute Gasteiger partial charge is 0.300 e. The number of nitro benzene ring substituents is 1. The number of amides is 1. The number of nitrogens with zero attached hydrogens (tertiary/aromatic N) is 2. The van der Waals surface area contributed by atoms with Crippen LogP contribution in [0.3, 0.4) is 0 Å². The zero-order valence-corrected chi connectivity index (χ0v) is 16.6. The lowest BCUT2D eigenvalue weighted by atomic mass is 9.94. The molecule has 3 aromatic carbocycles. The van der Waals surface area contributed by atoms with Gasteiger partial charge in [-0.1, -0.05) is 60.2 Å². The van der Waals surface area contributed by atoms with E-state index in [9.17, 15) is 24.8 Å². The Kier molecular flexibility index (Phi) is 5.09. The molecule has 1 N–H and O–H groups in total. The molecule has 0 spiro atoms. The number of para-hydroxylation sites is 2. The fourth-order valence-corrected chi connectivity index (χ4v) is 3.73. The standard InChI is InChI=1S/C24H18N2O5/c1-15-11-13-16(14-12-15)22(27)20-21(18-9-5-6-10-19(18)26(30)31)25(24(29)23(20)28)17-7-3-2-4-8-17/h2-14,21,27H,1H3/b22-20+/t21-/m1/s1. The Morgan fingerprint density at radius 2 is 1.55 bits per heavy atom. The molecule has 1 saturated heterocycles. The molecule has 4 rings (SSSR count). The van der Waals surface area contributed by atoms with Gasteiger partial charge in [0.15, 0.2) is 0 Å². The predicted molar refractivity (Wildman–Crippen MR) is 116 cm³/mol. The van der Waals surface area contributed by atoms with Crippen LogP contribution in [0.1, 0.15) is 22.7 Å². The molecular formula is C24H18N2O5. The first-order valence-electron chi connectivity index (χ1n) is 9.56. The van der Waals surface area contributed by atoms with Crippen LogP contribution in [-0.2, 0) is 9.59 Å². The third kappa shape index (κ3) is 3.46. The second-order valence-electron chi connectivity index (χ2n) is 7.19. The van der Waals surface area contributed by atoms with Crippen LogP contribution in [0.2, 0.25) is 0 Å². The van der Waals surface area contributed by atoms with Gasteiger partial charge < -0.3 is 5.11 Å². The Morgan fingerprint density at radius 3 is 2.19 bits per heavy atom. The lowest BCUT2D eigenvalue weighted by molar-refractivity contribution is -0.385. The summed E-state index contributed by atoms with van der Waals surface area (Å²) >= 11 is 0. The summed E-state index contributed by atoms with van der Waals surface area (Å²) in [5.74, 6) is -2.13. The van der Waals surface area contributed by atoms with Crippen molar-refractivity contribution >= 4 is 28.8 Å². The van der Waals surface area contributed by atoms with Crippen LogP contribution in [-0.4, -0.2) is 21.7 Å². The van der Waals surface area contributed by atoms with Crippen molar-refractivity contribution in [3.8, 4) is 0 Å². The van der Waals surface area contributed by atoms with E-state index in [0.717, 1.165) is 5.56 Å². The van der Waals surface area contributed by atoms with Gasteiger partial charge in [-0.3, -0.25) is 24.6 Å². The number of carbonyl (C=O) groups is 2. The largest absolute Gasteiger partial charge is 0.507 e. The Hall–Kier alpha value is -4.26. The van der Waals surface area contributed by atoms with E-state index in [0.29, 0.717) is 11.3 Å². The Morgan fingerprint density at radius 1 is 0.935 bits per heavy atom. The molecule has 0 radical (unpaired) electrons. The van der Waals surface area contributed by atoms with Crippen LogP contribution in [0.25, 0.3) is 5.76 Å². The van der Waals surface area contributed by atoms with Crippen LogP contribution >= 0.6 is 0 Å². The first kappa shape index (κ1) is 20.0. The minimum absolute atomic E-state index is 0.143. The molecule has 1 aliphatic rings. The monoisotopic (exact) mass is 414 g/mol. The molecule has 1 heterocycles. The van der Waals surface area contributed by atoms with Gasteiger partial charge in [0.1, 0.15) is 11.8 Å². The van der Waals surface area contributed by atoms with Gasteiger partial charge in [-0.15, -0.1) is 0 Å². The number of benzene rings is 3. The van der Waals surface area contributed by atoms with Crippen molar-refractivity contribution in [2.45, 2.75) is 13.0 Å². The number of aliphatic hydroxyl groups is 1. The highest BCUT2D eigenvalue weighted by Gasteiger charge is 2.48. The fourth-order valence-electron chi connectivity index (χ4n) is 3.73. The van der Waals surface area contributed by atoms with Crippen molar-refractivity contribution in [1.29, 1.82) is 0 Å². The quantitative estimate of drug-likeness (QED) is 0.222. The molecule has 31 heavy (non-hydrogen) atoms. The number of aliphatic hydroxyl groups excluding tert-OH is 1. The summed E-state index contributed by atoms with van der Waals surface area (Å²) in [5, 5.41) is 22.7. The number of nitro groups is 1. The minimum atomic E-state index is -1.15. The highest BCUT2D eigenvalue weighted by Crippen LogP contribution is 2.44. The number of rotatable bonds is 4. The van der Waals surface area contributed by atoms with Gasteiger partial charge >= 0.3 is 0 Å². The SMILES string of the molecule is Cc1ccc(/C(O)=C2\C(=O)C(=O)N(c3ccccc3)[C@@H]2c2ccccc2[N+](=O)[O-])cc1. The van der Waals surface area contributed by atoms with Gasteiger partial charge in [0.25, 0.3) is 17.4 Å². The van der Waals surface area contributed by atoms with E-state index in [1.807, 2.05) is 6.92 Å². The van der Waals surface area contributed by atoms with Gasteiger partial charge in [-0.05, 0) is 25.1 Å². The van der Waals surface area contributed by atoms with Crippen molar-refractivity contribution in [3.63, 3.8) is 0 Å². The molecule has 1 aliphatic heterocycles. The van der Waals surface area contributed by atoms with E-state index in [4.69, 9.17) is 0 Å². The average Bonchev–Trinajstić information content (AvgIpc) is 3.05. The van der Waals surface area contributed by atoms with E-state index in [1.165, 1.54) is 23.1 Å². The lowest BCUT2D eigenvalue weighted by Crippen LogP contribution is -2.29. The first-order valence-corrected chi connectivity index (χ1v) is 9.56. The number of ketones is 1. The number of anilines is 1. The molecule has 154 valence electrons. The molecule has 0 bridgehead atoms. The molecule has 1 amide bonds. The zero-order chi connectivity index (χ0) is 22.1. The van der Waals surface area contributed by atoms with Crippen LogP contribution < -0.4 is 4.90 Å². The van der Waals surface area contributed by atoms with Crippen LogP contribution in [0.4, 0.5) is 11.4 Å². The van der Waals surface area contributed by atoms with E-state index < -0.39 is 22.7 Å². The first-order chi connectivity index (χ1) is 14.9. The summed E-state index contributed by atoms with van der Waals surface area (Å²) in [6.45, 7) is 1.88. The number of hydrogen-bond donors (Lipinski definition) is 1. The van der Waals surface area contributed by atoms with Gasteiger partial charge in [-0.2, -0.15) is 0 Å². The maximum Gasteiger partial charge on any atom is 0.300 e. The van der Waals surface area contributed by atoms with Crippen molar-refractivity contribution in [2.24, 2.45) is 0 Å². The number of Topliss-reactive ketones (excluding diaryl/α,β-unsaturated/α-hetero) is 1. The van der Waals surface area contributed by atoms with Crippen LogP contribution in [0.15, 0.2) is 84.4 Å². The van der Waals surface area contributed by atoms with Gasteiger partial charge in [0, 0.05) is 17.3 Å². The minimum Gasteiger partial charge on any atom is -0.507 e. The molecule has 0 unspecified atom stereocenters. The molecule has 0 saturated carbocycles. The third-order valence-electron chi connectivity index (χ3n) is 5.23. The summed E-state index contributed by atoms with van der Waals surface area (Å²) in [6, 6.07) is 20.0. The summed E-state index contributed by atoms with van der Waals surface area (Å²) in [4.78, 5) is 38.4.